The number of carbonyl (C=O) groups is 2. The Balaban J connectivity index is 1.86. The minimum atomic E-state index is -4.82. The Morgan fingerprint density at radius 3 is 2.24 bits per heavy atom. The second-order valence-corrected chi connectivity index (χ2v) is 4.79. The van der Waals surface area contributed by atoms with Crippen molar-refractivity contribution in [2.24, 2.45) is 0 Å². The summed E-state index contributed by atoms with van der Waals surface area (Å²) >= 11 is 0. The van der Waals surface area contributed by atoms with Crippen LogP contribution in [0.4, 0.5) is 13.2 Å². The number of likely N-dealkylation sites (tertiary alicyclic amines) is 1. The van der Waals surface area contributed by atoms with E-state index >= 15 is 0 Å². The molecule has 114 valence electrons. The first kappa shape index (κ1) is 15.3. The standard InChI is InChI=1S/C14H14F3NO3/c15-14(16,17)13(20)18-7-5-12(6-8-18)21-11-3-1-10(9-19)2-4-11/h1-4,9,12H,5-8H2. The van der Waals surface area contributed by atoms with E-state index in [1.165, 1.54) is 0 Å². The molecule has 1 heterocycles. The van der Waals surface area contributed by atoms with Gasteiger partial charge >= 0.3 is 12.1 Å². The third-order valence-corrected chi connectivity index (χ3v) is 3.29. The highest BCUT2D eigenvalue weighted by Crippen LogP contribution is 2.23. The number of carbonyl (C=O) groups excluding carboxylic acids is 2. The van der Waals surface area contributed by atoms with Crippen LogP contribution in [0.25, 0.3) is 0 Å². The summed E-state index contributed by atoms with van der Waals surface area (Å²) in [6.45, 7) is 0.0465. The molecule has 21 heavy (non-hydrogen) atoms. The van der Waals surface area contributed by atoms with E-state index in [9.17, 15) is 22.8 Å². The smallest absolute Gasteiger partial charge is 0.471 e. The number of alkyl halides is 3. The summed E-state index contributed by atoms with van der Waals surface area (Å²) in [6.07, 6.45) is -3.65. The zero-order valence-corrected chi connectivity index (χ0v) is 11.1. The number of halogens is 3. The van der Waals surface area contributed by atoms with Gasteiger partial charge in [-0.25, -0.2) is 0 Å². The fraction of sp³-hybridized carbons (Fsp3) is 0.429. The second kappa shape index (κ2) is 6.15. The summed E-state index contributed by atoms with van der Waals surface area (Å²) in [6, 6.07) is 6.48. The highest BCUT2D eigenvalue weighted by atomic mass is 19.4. The molecule has 0 aliphatic carbocycles. The Kier molecular flexibility index (Phi) is 4.50. The second-order valence-electron chi connectivity index (χ2n) is 4.79. The minimum absolute atomic E-state index is 0.0232. The Morgan fingerprint density at radius 2 is 1.76 bits per heavy atom. The van der Waals surface area contributed by atoms with E-state index in [1.807, 2.05) is 0 Å². The van der Waals surface area contributed by atoms with Gasteiger partial charge in [0.1, 0.15) is 18.1 Å². The SMILES string of the molecule is O=Cc1ccc(OC2CCN(C(=O)C(F)(F)F)CC2)cc1. The molecule has 2 rings (SSSR count). The third-order valence-electron chi connectivity index (χ3n) is 3.29. The first-order valence-electron chi connectivity index (χ1n) is 6.48. The van der Waals surface area contributed by atoms with Crippen molar-refractivity contribution in [3.05, 3.63) is 29.8 Å². The number of ether oxygens (including phenoxy) is 1. The molecule has 0 radical (unpaired) electrons. The molecule has 0 aromatic heterocycles. The summed E-state index contributed by atoms with van der Waals surface area (Å²) in [5.41, 5.74) is 0.521. The van der Waals surface area contributed by atoms with Gasteiger partial charge < -0.3 is 9.64 Å². The average molecular weight is 301 g/mol. The molecule has 1 aromatic rings. The molecule has 1 amide bonds. The van der Waals surface area contributed by atoms with Crippen LogP contribution in [0.5, 0.6) is 5.75 Å². The first-order valence-corrected chi connectivity index (χ1v) is 6.48. The van der Waals surface area contributed by atoms with Crippen LogP contribution in [-0.4, -0.2) is 42.5 Å². The fourth-order valence-corrected chi connectivity index (χ4v) is 2.17. The largest absolute Gasteiger partial charge is 0.490 e. The highest BCUT2D eigenvalue weighted by Gasteiger charge is 2.43. The fourth-order valence-electron chi connectivity index (χ4n) is 2.17. The van der Waals surface area contributed by atoms with Gasteiger partial charge in [0.15, 0.2) is 0 Å². The van der Waals surface area contributed by atoms with Gasteiger partial charge in [-0.1, -0.05) is 0 Å². The van der Waals surface area contributed by atoms with Gasteiger partial charge in [-0.05, 0) is 24.3 Å². The lowest BCUT2D eigenvalue weighted by molar-refractivity contribution is -0.187. The lowest BCUT2D eigenvalue weighted by Crippen LogP contribution is -2.47. The minimum Gasteiger partial charge on any atom is -0.490 e. The van der Waals surface area contributed by atoms with Crippen LogP contribution in [0.15, 0.2) is 24.3 Å². The van der Waals surface area contributed by atoms with Crippen molar-refractivity contribution in [1.82, 2.24) is 4.90 Å². The quantitative estimate of drug-likeness (QED) is 0.806. The Morgan fingerprint density at radius 1 is 1.19 bits per heavy atom. The van der Waals surface area contributed by atoms with Gasteiger partial charge in [0, 0.05) is 31.5 Å². The monoisotopic (exact) mass is 301 g/mol. The number of rotatable bonds is 3. The molecule has 0 bridgehead atoms. The normalized spacial score (nSPS) is 16.6. The molecule has 1 aromatic carbocycles. The zero-order valence-electron chi connectivity index (χ0n) is 11.1. The van der Waals surface area contributed by atoms with Crippen molar-refractivity contribution >= 4 is 12.2 Å². The molecular weight excluding hydrogens is 287 g/mol. The molecule has 0 N–H and O–H groups in total. The number of aldehydes is 1. The molecule has 0 spiro atoms. The van der Waals surface area contributed by atoms with Crippen molar-refractivity contribution in [2.75, 3.05) is 13.1 Å². The zero-order chi connectivity index (χ0) is 15.5. The van der Waals surface area contributed by atoms with E-state index < -0.39 is 12.1 Å². The molecule has 1 fully saturated rings. The molecule has 1 aliphatic rings. The maximum atomic E-state index is 12.3. The Labute approximate surface area is 119 Å². The van der Waals surface area contributed by atoms with Gasteiger partial charge in [0.25, 0.3) is 0 Å². The van der Waals surface area contributed by atoms with Crippen LogP contribution < -0.4 is 4.74 Å². The molecular formula is C14H14F3NO3. The van der Waals surface area contributed by atoms with E-state index in [0.717, 1.165) is 4.90 Å². The van der Waals surface area contributed by atoms with E-state index in [2.05, 4.69) is 0 Å². The third kappa shape index (κ3) is 3.96. The maximum absolute atomic E-state index is 12.3. The van der Waals surface area contributed by atoms with Gasteiger partial charge in [-0.2, -0.15) is 13.2 Å². The maximum Gasteiger partial charge on any atom is 0.471 e. The van der Waals surface area contributed by atoms with Gasteiger partial charge in [0.05, 0.1) is 0 Å². The van der Waals surface area contributed by atoms with E-state index in [1.54, 1.807) is 24.3 Å². The van der Waals surface area contributed by atoms with Crippen molar-refractivity contribution in [3.8, 4) is 5.75 Å². The van der Waals surface area contributed by atoms with E-state index in [-0.39, 0.29) is 19.2 Å². The molecule has 0 unspecified atom stereocenters. The molecule has 7 heteroatoms. The molecule has 4 nitrogen and oxygen atoms in total. The van der Waals surface area contributed by atoms with Crippen molar-refractivity contribution in [3.63, 3.8) is 0 Å². The first-order chi connectivity index (χ1) is 9.90. The summed E-state index contributed by atoms with van der Waals surface area (Å²) < 4.78 is 42.5. The topological polar surface area (TPSA) is 46.6 Å². The number of hydrogen-bond donors (Lipinski definition) is 0. The lowest BCUT2D eigenvalue weighted by Gasteiger charge is -2.32. The summed E-state index contributed by atoms with van der Waals surface area (Å²) in [4.78, 5) is 22.4. The van der Waals surface area contributed by atoms with Crippen molar-refractivity contribution in [1.29, 1.82) is 0 Å². The Hall–Kier alpha value is -2.05. The number of amides is 1. The van der Waals surface area contributed by atoms with Crippen LogP contribution in [-0.2, 0) is 4.79 Å². The van der Waals surface area contributed by atoms with Crippen LogP contribution >= 0.6 is 0 Å². The van der Waals surface area contributed by atoms with Crippen molar-refractivity contribution in [2.45, 2.75) is 25.1 Å². The number of hydrogen-bond acceptors (Lipinski definition) is 3. The van der Waals surface area contributed by atoms with Crippen LogP contribution in [0.3, 0.4) is 0 Å². The van der Waals surface area contributed by atoms with Gasteiger partial charge in [-0.3, -0.25) is 9.59 Å². The molecule has 1 saturated heterocycles. The van der Waals surface area contributed by atoms with Gasteiger partial charge in [0.2, 0.25) is 0 Å². The molecule has 0 saturated carbocycles. The average Bonchev–Trinajstić information content (AvgIpc) is 2.47. The predicted octanol–water partition coefficient (Wildman–Crippen LogP) is 2.43. The van der Waals surface area contributed by atoms with E-state index in [4.69, 9.17) is 4.74 Å². The van der Waals surface area contributed by atoms with Crippen LogP contribution in [0, 0.1) is 0 Å². The highest BCUT2D eigenvalue weighted by molar-refractivity contribution is 5.81. The van der Waals surface area contributed by atoms with Crippen LogP contribution in [0.1, 0.15) is 23.2 Å². The van der Waals surface area contributed by atoms with Crippen molar-refractivity contribution < 1.29 is 27.5 Å². The lowest BCUT2D eigenvalue weighted by atomic mass is 10.1. The summed E-state index contributed by atoms with van der Waals surface area (Å²) in [7, 11) is 0. The number of nitrogens with zero attached hydrogens (tertiary/aromatic N) is 1. The Bertz CT molecular complexity index is 505. The van der Waals surface area contributed by atoms with Gasteiger partial charge in [-0.15, -0.1) is 0 Å². The van der Waals surface area contributed by atoms with E-state index in [0.29, 0.717) is 30.4 Å². The van der Waals surface area contributed by atoms with Crippen LogP contribution in [0.2, 0.25) is 0 Å². The molecule has 1 aliphatic heterocycles. The summed E-state index contributed by atoms with van der Waals surface area (Å²) in [5.74, 6) is -1.24. The summed E-state index contributed by atoms with van der Waals surface area (Å²) in [5, 5.41) is 0. The predicted molar refractivity (Wildman–Crippen MR) is 68.1 cm³/mol. The molecule has 0 atom stereocenters. The number of piperidine rings is 1. The number of benzene rings is 1.